The quantitative estimate of drug-likeness (QED) is 0.877. The van der Waals surface area contributed by atoms with Crippen molar-refractivity contribution in [3.05, 3.63) is 34.9 Å². The minimum atomic E-state index is 0.206. The van der Waals surface area contributed by atoms with Gasteiger partial charge in [-0.15, -0.1) is 0 Å². The van der Waals surface area contributed by atoms with Crippen molar-refractivity contribution in [3.63, 3.8) is 0 Å². The second kappa shape index (κ2) is 4.34. The topological polar surface area (TPSA) is 29.1 Å². The Morgan fingerprint density at radius 3 is 2.65 bits per heavy atom. The lowest BCUT2D eigenvalue weighted by atomic mass is 10.0. The van der Waals surface area contributed by atoms with Crippen LogP contribution in [0, 0.1) is 17.8 Å². The Bertz CT molecular complexity index is 436. The maximum atomic E-state index is 11.9. The van der Waals surface area contributed by atoms with E-state index in [4.69, 9.17) is 11.6 Å². The van der Waals surface area contributed by atoms with Gasteiger partial charge in [0.15, 0.2) is 0 Å². The van der Waals surface area contributed by atoms with E-state index >= 15 is 0 Å². The van der Waals surface area contributed by atoms with Gasteiger partial charge < -0.3 is 5.32 Å². The number of carbonyl (C=O) groups excluding carboxylic acids is 1. The highest BCUT2D eigenvalue weighted by Gasteiger charge is 2.47. The Labute approximate surface area is 106 Å². The largest absolute Gasteiger partial charge is 0.352 e. The van der Waals surface area contributed by atoms with Crippen molar-refractivity contribution in [2.24, 2.45) is 17.8 Å². The first kappa shape index (κ1) is 11.1. The molecule has 2 saturated carbocycles. The number of carbonyl (C=O) groups is 1. The molecule has 2 aliphatic carbocycles. The van der Waals surface area contributed by atoms with Crippen LogP contribution in [0.2, 0.25) is 5.02 Å². The van der Waals surface area contributed by atoms with E-state index in [-0.39, 0.29) is 11.8 Å². The molecule has 3 rings (SSSR count). The molecule has 0 aliphatic heterocycles. The molecule has 1 aromatic carbocycles. The van der Waals surface area contributed by atoms with Crippen molar-refractivity contribution < 1.29 is 4.79 Å². The van der Waals surface area contributed by atoms with Gasteiger partial charge >= 0.3 is 0 Å². The molecule has 2 atom stereocenters. The van der Waals surface area contributed by atoms with E-state index in [1.807, 2.05) is 24.3 Å². The first-order chi connectivity index (χ1) is 8.24. The SMILES string of the molecule is O=C(NCc1ccccc1Cl)C1CC2CC2C1. The van der Waals surface area contributed by atoms with Crippen LogP contribution >= 0.6 is 11.6 Å². The number of hydrogen-bond donors (Lipinski definition) is 1. The summed E-state index contributed by atoms with van der Waals surface area (Å²) in [5.41, 5.74) is 0.991. The van der Waals surface area contributed by atoms with Crippen LogP contribution in [0.4, 0.5) is 0 Å². The number of amides is 1. The van der Waals surface area contributed by atoms with Gasteiger partial charge in [-0.05, 0) is 42.7 Å². The molecule has 2 unspecified atom stereocenters. The van der Waals surface area contributed by atoms with Gasteiger partial charge in [0, 0.05) is 17.5 Å². The Hall–Kier alpha value is -1.02. The highest BCUT2D eigenvalue weighted by Crippen LogP contribution is 2.54. The summed E-state index contributed by atoms with van der Waals surface area (Å²) >= 11 is 6.05. The van der Waals surface area contributed by atoms with E-state index in [1.54, 1.807) is 0 Å². The summed E-state index contributed by atoms with van der Waals surface area (Å²) in [6.45, 7) is 0.546. The fraction of sp³-hybridized carbons (Fsp3) is 0.500. The van der Waals surface area contributed by atoms with Gasteiger partial charge in [0.25, 0.3) is 0 Å². The summed E-state index contributed by atoms with van der Waals surface area (Å²) in [7, 11) is 0. The second-order valence-corrected chi connectivity index (χ2v) is 5.64. The van der Waals surface area contributed by atoms with Crippen molar-refractivity contribution >= 4 is 17.5 Å². The third-order valence-corrected chi connectivity index (χ3v) is 4.39. The van der Waals surface area contributed by atoms with Gasteiger partial charge in [-0.1, -0.05) is 29.8 Å². The molecule has 0 radical (unpaired) electrons. The molecule has 0 bridgehead atoms. The van der Waals surface area contributed by atoms with Crippen LogP contribution in [0.25, 0.3) is 0 Å². The summed E-state index contributed by atoms with van der Waals surface area (Å²) < 4.78 is 0. The van der Waals surface area contributed by atoms with E-state index in [9.17, 15) is 4.79 Å². The summed E-state index contributed by atoms with van der Waals surface area (Å²) in [5, 5.41) is 3.72. The number of halogens is 1. The fourth-order valence-electron chi connectivity index (χ4n) is 2.90. The minimum Gasteiger partial charge on any atom is -0.352 e. The van der Waals surface area contributed by atoms with Crippen molar-refractivity contribution in [1.82, 2.24) is 5.32 Å². The molecule has 1 N–H and O–H groups in total. The fourth-order valence-corrected chi connectivity index (χ4v) is 3.10. The smallest absolute Gasteiger partial charge is 0.223 e. The van der Waals surface area contributed by atoms with Crippen LogP contribution in [0.5, 0.6) is 0 Å². The first-order valence-corrected chi connectivity index (χ1v) is 6.63. The van der Waals surface area contributed by atoms with Crippen LogP contribution in [-0.4, -0.2) is 5.91 Å². The molecule has 2 aliphatic rings. The first-order valence-electron chi connectivity index (χ1n) is 6.25. The third kappa shape index (κ3) is 2.32. The van der Waals surface area contributed by atoms with Crippen molar-refractivity contribution in [3.8, 4) is 0 Å². The average Bonchev–Trinajstić information content (AvgIpc) is 2.95. The zero-order valence-electron chi connectivity index (χ0n) is 9.66. The molecule has 1 amide bonds. The van der Waals surface area contributed by atoms with E-state index in [0.29, 0.717) is 6.54 Å². The molecule has 0 heterocycles. The van der Waals surface area contributed by atoms with Crippen LogP contribution in [-0.2, 0) is 11.3 Å². The lowest BCUT2D eigenvalue weighted by Crippen LogP contribution is -2.29. The Kier molecular flexibility index (Phi) is 2.83. The number of hydrogen-bond acceptors (Lipinski definition) is 1. The maximum Gasteiger partial charge on any atom is 0.223 e. The summed E-state index contributed by atoms with van der Waals surface area (Å²) in [5.74, 6) is 2.16. The molecule has 2 fully saturated rings. The molecule has 1 aromatic rings. The van der Waals surface area contributed by atoms with Crippen LogP contribution in [0.3, 0.4) is 0 Å². The maximum absolute atomic E-state index is 11.9. The third-order valence-electron chi connectivity index (χ3n) is 4.03. The zero-order chi connectivity index (χ0) is 11.8. The molecule has 0 aromatic heterocycles. The lowest BCUT2D eigenvalue weighted by Gasteiger charge is -2.12. The number of benzene rings is 1. The van der Waals surface area contributed by atoms with Crippen LogP contribution in [0.15, 0.2) is 24.3 Å². The van der Waals surface area contributed by atoms with Gasteiger partial charge in [0.2, 0.25) is 5.91 Å². The summed E-state index contributed by atoms with van der Waals surface area (Å²) in [6, 6.07) is 7.65. The minimum absolute atomic E-state index is 0.206. The number of fused-ring (bicyclic) bond motifs is 1. The molecule has 0 spiro atoms. The molecule has 17 heavy (non-hydrogen) atoms. The molecule has 3 heteroatoms. The highest BCUT2D eigenvalue weighted by atomic mass is 35.5. The Morgan fingerprint density at radius 1 is 1.24 bits per heavy atom. The van der Waals surface area contributed by atoms with Gasteiger partial charge in [0.1, 0.15) is 0 Å². The monoisotopic (exact) mass is 249 g/mol. The highest BCUT2D eigenvalue weighted by molar-refractivity contribution is 6.31. The van der Waals surface area contributed by atoms with Crippen LogP contribution in [0.1, 0.15) is 24.8 Å². The van der Waals surface area contributed by atoms with Gasteiger partial charge in [-0.25, -0.2) is 0 Å². The van der Waals surface area contributed by atoms with Crippen LogP contribution < -0.4 is 5.32 Å². The van der Waals surface area contributed by atoms with Gasteiger partial charge in [0.05, 0.1) is 0 Å². The Balaban J connectivity index is 1.54. The Morgan fingerprint density at radius 2 is 1.94 bits per heavy atom. The zero-order valence-corrected chi connectivity index (χ0v) is 10.4. The molecule has 90 valence electrons. The molecule has 2 nitrogen and oxygen atoms in total. The molecular weight excluding hydrogens is 234 g/mol. The van der Waals surface area contributed by atoms with Gasteiger partial charge in [-0.2, -0.15) is 0 Å². The van der Waals surface area contributed by atoms with Crippen molar-refractivity contribution in [2.75, 3.05) is 0 Å². The number of nitrogens with one attached hydrogen (secondary N) is 1. The predicted molar refractivity (Wildman–Crippen MR) is 67.6 cm³/mol. The van der Waals surface area contributed by atoms with E-state index in [2.05, 4.69) is 5.32 Å². The normalized spacial score (nSPS) is 29.8. The van der Waals surface area contributed by atoms with E-state index in [1.165, 1.54) is 6.42 Å². The van der Waals surface area contributed by atoms with E-state index in [0.717, 1.165) is 35.3 Å². The summed E-state index contributed by atoms with van der Waals surface area (Å²) in [4.78, 5) is 11.9. The predicted octanol–water partition coefficient (Wildman–Crippen LogP) is 3.00. The van der Waals surface area contributed by atoms with Crippen molar-refractivity contribution in [1.29, 1.82) is 0 Å². The van der Waals surface area contributed by atoms with E-state index < -0.39 is 0 Å². The standard InChI is InChI=1S/C14H16ClNO/c15-13-4-2-1-3-9(13)8-16-14(17)12-6-10-5-11(10)7-12/h1-4,10-12H,5-8H2,(H,16,17). The average molecular weight is 250 g/mol. The van der Waals surface area contributed by atoms with Crippen molar-refractivity contribution in [2.45, 2.75) is 25.8 Å². The molecule has 0 saturated heterocycles. The summed E-state index contributed by atoms with van der Waals surface area (Å²) in [6.07, 6.45) is 3.55. The number of rotatable bonds is 3. The molecular formula is C14H16ClNO. The van der Waals surface area contributed by atoms with Gasteiger partial charge in [-0.3, -0.25) is 4.79 Å². The second-order valence-electron chi connectivity index (χ2n) is 5.23. The lowest BCUT2D eigenvalue weighted by molar-refractivity contribution is -0.125.